The van der Waals surface area contributed by atoms with Gasteiger partial charge in [-0.2, -0.15) is 8.42 Å². The Morgan fingerprint density at radius 3 is 2.28 bits per heavy atom. The molecule has 0 aliphatic heterocycles. The van der Waals surface area contributed by atoms with Gasteiger partial charge in [0.25, 0.3) is 10.1 Å². The van der Waals surface area contributed by atoms with E-state index in [0.717, 1.165) is 5.56 Å². The van der Waals surface area contributed by atoms with E-state index >= 15 is 0 Å². The first-order valence-electron chi connectivity index (χ1n) is 9.41. The van der Waals surface area contributed by atoms with E-state index in [-0.39, 0.29) is 22.3 Å². The largest absolute Gasteiger partial charge is 0.316 e. The summed E-state index contributed by atoms with van der Waals surface area (Å²) in [5.74, 6) is 0.523. The molecule has 32 heavy (non-hydrogen) atoms. The second kappa shape index (κ2) is 8.88. The second-order valence-corrected chi connectivity index (χ2v) is 9.11. The molecule has 9 heteroatoms. The smallest absolute Gasteiger partial charge is 0.295 e. The Kier molecular flexibility index (Phi) is 6.17. The second-order valence-electron chi connectivity index (χ2n) is 6.96. The molecule has 6 nitrogen and oxygen atoms in total. The summed E-state index contributed by atoms with van der Waals surface area (Å²) >= 11 is 12.7. The molecule has 0 amide bonds. The van der Waals surface area contributed by atoms with E-state index in [4.69, 9.17) is 23.2 Å². The van der Waals surface area contributed by atoms with Crippen LogP contribution in [-0.4, -0.2) is 28.8 Å². The Hall–Kier alpha value is -2.97. The van der Waals surface area contributed by atoms with E-state index < -0.39 is 10.1 Å². The molecule has 4 rings (SSSR count). The first-order chi connectivity index (χ1) is 15.3. The van der Waals surface area contributed by atoms with E-state index in [0.29, 0.717) is 33.8 Å². The van der Waals surface area contributed by atoms with E-state index in [9.17, 15) is 17.8 Å². The van der Waals surface area contributed by atoms with Gasteiger partial charge in [-0.3, -0.25) is 9.35 Å². The Labute approximate surface area is 194 Å². The predicted molar refractivity (Wildman–Crippen MR) is 124 cm³/mol. The van der Waals surface area contributed by atoms with E-state index in [1.54, 1.807) is 34.9 Å². The molecule has 3 aromatic carbocycles. The zero-order valence-electron chi connectivity index (χ0n) is 16.4. The average Bonchev–Trinajstić information content (AvgIpc) is 3.10. The molecule has 0 bridgehead atoms. The Morgan fingerprint density at radius 1 is 0.938 bits per heavy atom. The van der Waals surface area contributed by atoms with Crippen LogP contribution in [0, 0.1) is 0 Å². The number of hydrogen-bond donors (Lipinski definition) is 1. The fraction of sp³-hybridized carbons (Fsp3) is 0.0435. The lowest BCUT2D eigenvalue weighted by Crippen LogP contribution is -2.07. The van der Waals surface area contributed by atoms with Crippen molar-refractivity contribution in [1.29, 1.82) is 0 Å². The summed E-state index contributed by atoms with van der Waals surface area (Å²) in [6.07, 6.45) is 0.645. The lowest BCUT2D eigenvalue weighted by atomic mass is 10.0. The number of aldehydes is 1. The van der Waals surface area contributed by atoms with Crippen LogP contribution in [0.2, 0.25) is 10.2 Å². The van der Waals surface area contributed by atoms with E-state index in [1.165, 1.54) is 12.1 Å². The molecular formula is C23H16Cl2N2O4S. The van der Waals surface area contributed by atoms with E-state index in [2.05, 4.69) is 4.98 Å². The molecular weight excluding hydrogens is 471 g/mol. The van der Waals surface area contributed by atoms with Gasteiger partial charge in [-0.05, 0) is 23.3 Å². The van der Waals surface area contributed by atoms with Crippen molar-refractivity contribution in [3.63, 3.8) is 0 Å². The minimum Gasteiger partial charge on any atom is -0.316 e. The van der Waals surface area contributed by atoms with Crippen LogP contribution in [-0.2, 0) is 16.7 Å². The van der Waals surface area contributed by atoms with Crippen LogP contribution in [0.25, 0.3) is 22.5 Å². The summed E-state index contributed by atoms with van der Waals surface area (Å²) in [6, 6.07) is 20.5. The van der Waals surface area contributed by atoms with Crippen molar-refractivity contribution in [1.82, 2.24) is 9.55 Å². The lowest BCUT2D eigenvalue weighted by Gasteiger charge is -2.13. The third kappa shape index (κ3) is 4.33. The molecule has 0 spiro atoms. The van der Waals surface area contributed by atoms with Crippen molar-refractivity contribution in [3.8, 4) is 22.5 Å². The number of benzene rings is 3. The maximum absolute atomic E-state index is 11.7. The normalized spacial score (nSPS) is 11.5. The van der Waals surface area contributed by atoms with Gasteiger partial charge < -0.3 is 4.57 Å². The molecule has 162 valence electrons. The third-order valence-corrected chi connectivity index (χ3v) is 6.50. The standard InChI is InChI=1S/C23H16Cl2N2O4S/c24-19-12-16(18-8-4-5-9-21(18)32(29,30)31)10-11-17(19)13-27-20(14-28)22(25)26-23(27)15-6-2-1-3-7-15/h1-12,14H,13H2,(H,29,30,31). The molecule has 0 radical (unpaired) electrons. The lowest BCUT2D eigenvalue weighted by molar-refractivity contribution is 0.111. The van der Waals surface area contributed by atoms with Crippen LogP contribution in [0.3, 0.4) is 0 Å². The predicted octanol–water partition coefficient (Wildman–Crippen LogP) is 5.63. The summed E-state index contributed by atoms with van der Waals surface area (Å²) in [7, 11) is -4.40. The number of carbonyl (C=O) groups is 1. The summed E-state index contributed by atoms with van der Waals surface area (Å²) in [4.78, 5) is 15.8. The molecule has 4 aromatic rings. The number of nitrogens with zero attached hydrogens (tertiary/aromatic N) is 2. The zero-order valence-corrected chi connectivity index (χ0v) is 18.8. The van der Waals surface area contributed by atoms with Crippen LogP contribution in [0.5, 0.6) is 0 Å². The van der Waals surface area contributed by atoms with Crippen molar-refractivity contribution >= 4 is 39.6 Å². The molecule has 0 fully saturated rings. The first kappa shape index (κ1) is 22.2. The minimum absolute atomic E-state index is 0.0914. The van der Waals surface area contributed by atoms with Crippen LogP contribution >= 0.6 is 23.2 Å². The van der Waals surface area contributed by atoms with E-state index in [1.807, 2.05) is 30.3 Å². The summed E-state index contributed by atoms with van der Waals surface area (Å²) in [5.41, 5.74) is 2.54. The van der Waals surface area contributed by atoms with Gasteiger partial charge in [-0.15, -0.1) is 0 Å². The fourth-order valence-corrected chi connectivity index (χ4v) is 4.64. The van der Waals surface area contributed by atoms with Crippen LogP contribution in [0.15, 0.2) is 77.7 Å². The van der Waals surface area contributed by atoms with Gasteiger partial charge in [-0.1, -0.05) is 83.9 Å². The summed E-state index contributed by atoms with van der Waals surface area (Å²) in [6.45, 7) is 0.219. The molecule has 0 saturated heterocycles. The Bertz CT molecular complexity index is 1420. The molecule has 1 aromatic heterocycles. The van der Waals surface area contributed by atoms with Crippen LogP contribution in [0.1, 0.15) is 16.1 Å². The van der Waals surface area contributed by atoms with Gasteiger partial charge >= 0.3 is 0 Å². The van der Waals surface area contributed by atoms with Crippen molar-refractivity contribution in [3.05, 3.63) is 94.2 Å². The highest BCUT2D eigenvalue weighted by atomic mass is 35.5. The molecule has 0 unspecified atom stereocenters. The van der Waals surface area contributed by atoms with Crippen molar-refractivity contribution in [2.45, 2.75) is 11.4 Å². The highest BCUT2D eigenvalue weighted by molar-refractivity contribution is 7.86. The third-order valence-electron chi connectivity index (χ3n) is 4.96. The molecule has 0 aliphatic rings. The van der Waals surface area contributed by atoms with Gasteiger partial charge in [0.2, 0.25) is 0 Å². The topological polar surface area (TPSA) is 89.3 Å². The fourth-order valence-electron chi connectivity index (χ4n) is 3.46. The molecule has 0 atom stereocenters. The SMILES string of the molecule is O=Cc1c(Cl)nc(-c2ccccc2)n1Cc1ccc(-c2ccccc2S(=O)(=O)O)cc1Cl. The van der Waals surface area contributed by atoms with Crippen molar-refractivity contribution in [2.24, 2.45) is 0 Å². The Morgan fingerprint density at radius 2 is 1.62 bits per heavy atom. The number of hydrogen-bond acceptors (Lipinski definition) is 4. The maximum Gasteiger partial charge on any atom is 0.295 e. The Balaban J connectivity index is 1.77. The van der Waals surface area contributed by atoms with Gasteiger partial charge in [0.15, 0.2) is 11.4 Å². The van der Waals surface area contributed by atoms with Crippen LogP contribution < -0.4 is 0 Å². The van der Waals surface area contributed by atoms with Gasteiger partial charge in [-0.25, -0.2) is 4.98 Å². The molecule has 1 N–H and O–H groups in total. The number of rotatable bonds is 6. The summed E-state index contributed by atoms with van der Waals surface area (Å²) < 4.78 is 34.7. The van der Waals surface area contributed by atoms with Crippen molar-refractivity contribution in [2.75, 3.05) is 0 Å². The zero-order chi connectivity index (χ0) is 22.9. The van der Waals surface area contributed by atoms with Gasteiger partial charge in [0.05, 0.1) is 6.54 Å². The highest BCUT2D eigenvalue weighted by Gasteiger charge is 2.19. The summed E-state index contributed by atoms with van der Waals surface area (Å²) in [5, 5.41) is 0.446. The first-order valence-corrected chi connectivity index (χ1v) is 11.6. The monoisotopic (exact) mass is 486 g/mol. The number of halogens is 2. The highest BCUT2D eigenvalue weighted by Crippen LogP contribution is 2.32. The number of carbonyl (C=O) groups excluding carboxylic acids is 1. The molecule has 0 saturated carbocycles. The van der Waals surface area contributed by atoms with Gasteiger partial charge in [0.1, 0.15) is 16.4 Å². The van der Waals surface area contributed by atoms with Gasteiger partial charge in [0, 0.05) is 16.1 Å². The average molecular weight is 487 g/mol. The molecule has 0 aliphatic carbocycles. The minimum atomic E-state index is -4.40. The molecule has 1 heterocycles. The quantitative estimate of drug-likeness (QED) is 0.281. The maximum atomic E-state index is 11.7. The van der Waals surface area contributed by atoms with Crippen LogP contribution in [0.4, 0.5) is 0 Å². The number of aromatic nitrogens is 2. The van der Waals surface area contributed by atoms with Crippen molar-refractivity contribution < 1.29 is 17.8 Å². The number of imidazole rings is 1.